The van der Waals surface area contributed by atoms with Gasteiger partial charge in [-0.3, -0.25) is 0 Å². The van der Waals surface area contributed by atoms with Crippen LogP contribution in [0.4, 0.5) is 5.13 Å². The van der Waals surface area contributed by atoms with Crippen molar-refractivity contribution in [1.29, 1.82) is 0 Å². The molecule has 0 radical (unpaired) electrons. The number of nitrogens with two attached hydrogens (primary N) is 1. The number of rotatable bonds is 2. The van der Waals surface area contributed by atoms with Gasteiger partial charge in [0.1, 0.15) is 0 Å². The number of anilines is 1. The molecule has 0 aliphatic carbocycles. The Morgan fingerprint density at radius 1 is 1.35 bits per heavy atom. The summed E-state index contributed by atoms with van der Waals surface area (Å²) in [7, 11) is 0. The highest BCUT2D eigenvalue weighted by Crippen LogP contribution is 2.35. The fourth-order valence-electron chi connectivity index (χ4n) is 1.53. The normalized spacial score (nSPS) is 10.9. The van der Waals surface area contributed by atoms with Gasteiger partial charge >= 0.3 is 0 Å². The number of furan rings is 1. The summed E-state index contributed by atoms with van der Waals surface area (Å²) in [5.74, 6) is 0.785. The summed E-state index contributed by atoms with van der Waals surface area (Å²) in [6, 6.07) is 3.75. The summed E-state index contributed by atoms with van der Waals surface area (Å²) >= 11 is 3.00. The number of nitrogen functional groups attached to an aromatic ring is 1. The SMILES string of the molecule is Cc1nc(-c2ccco2)sc1-c1csc(N)n1. The van der Waals surface area contributed by atoms with Crippen molar-refractivity contribution in [3.8, 4) is 21.3 Å². The van der Waals surface area contributed by atoms with E-state index in [0.717, 1.165) is 27.0 Å². The lowest BCUT2D eigenvalue weighted by Crippen LogP contribution is -1.82. The number of aromatic nitrogens is 2. The van der Waals surface area contributed by atoms with Gasteiger partial charge in [0.2, 0.25) is 0 Å². The third-order valence-electron chi connectivity index (χ3n) is 2.28. The summed E-state index contributed by atoms with van der Waals surface area (Å²) in [6.07, 6.45) is 1.65. The molecule has 6 heteroatoms. The number of thiazole rings is 2. The molecular formula is C11H9N3OS2. The third-order valence-corrected chi connectivity index (χ3v) is 4.15. The van der Waals surface area contributed by atoms with Crippen LogP contribution in [0, 0.1) is 6.92 Å². The molecule has 3 aromatic rings. The second-order valence-electron chi connectivity index (χ2n) is 3.48. The van der Waals surface area contributed by atoms with Gasteiger partial charge in [0.25, 0.3) is 0 Å². The molecule has 0 saturated carbocycles. The van der Waals surface area contributed by atoms with Gasteiger partial charge < -0.3 is 10.2 Å². The highest BCUT2D eigenvalue weighted by Gasteiger charge is 2.14. The molecule has 0 aliphatic heterocycles. The lowest BCUT2D eigenvalue weighted by Gasteiger charge is -1.89. The van der Waals surface area contributed by atoms with E-state index in [1.54, 1.807) is 17.6 Å². The van der Waals surface area contributed by atoms with Crippen molar-refractivity contribution in [1.82, 2.24) is 9.97 Å². The molecule has 0 bridgehead atoms. The first-order valence-electron chi connectivity index (χ1n) is 4.97. The van der Waals surface area contributed by atoms with Crippen molar-refractivity contribution in [3.05, 3.63) is 29.5 Å². The van der Waals surface area contributed by atoms with Crippen molar-refractivity contribution in [2.75, 3.05) is 5.73 Å². The minimum absolute atomic E-state index is 0.576. The maximum absolute atomic E-state index is 5.64. The molecule has 0 fully saturated rings. The summed E-state index contributed by atoms with van der Waals surface area (Å²) in [5, 5.41) is 3.39. The first-order valence-corrected chi connectivity index (χ1v) is 6.66. The second kappa shape index (κ2) is 3.97. The fraction of sp³-hybridized carbons (Fsp3) is 0.0909. The van der Waals surface area contributed by atoms with E-state index in [1.165, 1.54) is 11.3 Å². The van der Waals surface area contributed by atoms with Gasteiger partial charge in [-0.1, -0.05) is 0 Å². The Bertz CT molecular complexity index is 640. The topological polar surface area (TPSA) is 64.9 Å². The number of hydrogen-bond acceptors (Lipinski definition) is 6. The zero-order valence-electron chi connectivity index (χ0n) is 9.01. The van der Waals surface area contributed by atoms with E-state index in [9.17, 15) is 0 Å². The van der Waals surface area contributed by atoms with E-state index < -0.39 is 0 Å². The predicted octanol–water partition coefficient (Wildman–Crippen LogP) is 3.42. The first-order chi connectivity index (χ1) is 8.24. The van der Waals surface area contributed by atoms with Crippen LogP contribution in [-0.2, 0) is 0 Å². The molecule has 0 aliphatic rings. The third kappa shape index (κ3) is 1.85. The summed E-state index contributed by atoms with van der Waals surface area (Å²) in [4.78, 5) is 9.81. The Balaban J connectivity index is 2.07. The number of aryl methyl sites for hydroxylation is 1. The van der Waals surface area contributed by atoms with Gasteiger partial charge in [0.05, 0.1) is 22.5 Å². The molecular weight excluding hydrogens is 254 g/mol. The Morgan fingerprint density at radius 2 is 2.24 bits per heavy atom. The molecule has 0 aromatic carbocycles. The molecule has 3 heterocycles. The van der Waals surface area contributed by atoms with Crippen molar-refractivity contribution >= 4 is 27.8 Å². The standard InChI is InChI=1S/C11H9N3OS2/c1-6-9(7-5-16-11(12)14-7)17-10(13-6)8-3-2-4-15-8/h2-5H,1H3,(H2,12,14). The molecule has 0 unspecified atom stereocenters. The summed E-state index contributed by atoms with van der Waals surface area (Å²) in [5.41, 5.74) is 7.48. The van der Waals surface area contributed by atoms with Crippen molar-refractivity contribution in [2.24, 2.45) is 0 Å². The quantitative estimate of drug-likeness (QED) is 0.769. The van der Waals surface area contributed by atoms with Gasteiger partial charge in [0, 0.05) is 5.38 Å². The maximum Gasteiger partial charge on any atom is 0.180 e. The van der Waals surface area contributed by atoms with Crippen LogP contribution in [0.25, 0.3) is 21.3 Å². The van der Waals surface area contributed by atoms with Crippen molar-refractivity contribution in [3.63, 3.8) is 0 Å². The van der Waals surface area contributed by atoms with E-state index in [1.807, 2.05) is 24.4 Å². The molecule has 4 nitrogen and oxygen atoms in total. The molecule has 0 atom stereocenters. The highest BCUT2D eigenvalue weighted by atomic mass is 32.1. The fourth-order valence-corrected chi connectivity index (χ4v) is 3.16. The highest BCUT2D eigenvalue weighted by molar-refractivity contribution is 7.19. The largest absolute Gasteiger partial charge is 0.462 e. The van der Waals surface area contributed by atoms with E-state index in [4.69, 9.17) is 10.2 Å². The average Bonchev–Trinajstić information content (AvgIpc) is 2.97. The number of hydrogen-bond donors (Lipinski definition) is 1. The van der Waals surface area contributed by atoms with E-state index >= 15 is 0 Å². The van der Waals surface area contributed by atoms with Gasteiger partial charge in [-0.05, 0) is 19.1 Å². The van der Waals surface area contributed by atoms with E-state index in [-0.39, 0.29) is 0 Å². The van der Waals surface area contributed by atoms with Crippen LogP contribution in [0.3, 0.4) is 0 Å². The van der Waals surface area contributed by atoms with Crippen LogP contribution in [0.2, 0.25) is 0 Å². The Hall–Kier alpha value is -1.66. The zero-order chi connectivity index (χ0) is 11.8. The van der Waals surface area contributed by atoms with E-state index in [0.29, 0.717) is 5.13 Å². The molecule has 0 amide bonds. The van der Waals surface area contributed by atoms with Crippen LogP contribution in [0.1, 0.15) is 5.69 Å². The van der Waals surface area contributed by atoms with Crippen LogP contribution >= 0.6 is 22.7 Å². The van der Waals surface area contributed by atoms with Gasteiger partial charge in [-0.25, -0.2) is 9.97 Å². The average molecular weight is 263 g/mol. The lowest BCUT2D eigenvalue weighted by molar-refractivity contribution is 0.581. The van der Waals surface area contributed by atoms with Crippen molar-refractivity contribution < 1.29 is 4.42 Å². The van der Waals surface area contributed by atoms with E-state index in [2.05, 4.69) is 9.97 Å². The van der Waals surface area contributed by atoms with Crippen LogP contribution in [0.15, 0.2) is 28.2 Å². The van der Waals surface area contributed by atoms with Crippen LogP contribution in [0.5, 0.6) is 0 Å². The maximum atomic E-state index is 5.64. The molecule has 3 rings (SSSR count). The van der Waals surface area contributed by atoms with Gasteiger partial charge in [0.15, 0.2) is 15.9 Å². The molecule has 0 spiro atoms. The Morgan fingerprint density at radius 3 is 2.88 bits per heavy atom. The van der Waals surface area contributed by atoms with Gasteiger partial charge in [-0.2, -0.15) is 0 Å². The first kappa shape index (κ1) is 10.5. The minimum Gasteiger partial charge on any atom is -0.462 e. The molecule has 2 N–H and O–H groups in total. The van der Waals surface area contributed by atoms with Gasteiger partial charge in [-0.15, -0.1) is 22.7 Å². The zero-order valence-corrected chi connectivity index (χ0v) is 10.6. The second-order valence-corrected chi connectivity index (χ2v) is 5.37. The summed E-state index contributed by atoms with van der Waals surface area (Å²) < 4.78 is 5.33. The summed E-state index contributed by atoms with van der Waals surface area (Å²) in [6.45, 7) is 1.97. The monoisotopic (exact) mass is 263 g/mol. The lowest BCUT2D eigenvalue weighted by atomic mass is 10.3. The van der Waals surface area contributed by atoms with Crippen LogP contribution < -0.4 is 5.73 Å². The molecule has 3 aromatic heterocycles. The molecule has 17 heavy (non-hydrogen) atoms. The molecule has 0 saturated heterocycles. The smallest absolute Gasteiger partial charge is 0.180 e. The Labute approximate surface area is 106 Å². The molecule has 86 valence electrons. The Kier molecular flexibility index (Phi) is 2.45. The number of nitrogens with zero attached hydrogens (tertiary/aromatic N) is 2. The van der Waals surface area contributed by atoms with Crippen molar-refractivity contribution in [2.45, 2.75) is 6.92 Å². The predicted molar refractivity (Wildman–Crippen MR) is 70.1 cm³/mol. The van der Waals surface area contributed by atoms with Crippen LogP contribution in [-0.4, -0.2) is 9.97 Å². The minimum atomic E-state index is 0.576.